The molecular weight excluding hydrogens is 735 g/mol. The lowest BCUT2D eigenvalue weighted by atomic mass is 9.91. The SMILES string of the molecule is O=C(O)CCCCCCCCCCCCCCCCC(=O)NCCCC(=O)NCCNC(=O)OC(C(=O)OCc1ccccc1)C1c2ccccc2-c2ccccc21. The van der Waals surface area contributed by atoms with Crippen molar-refractivity contribution in [2.45, 2.75) is 134 Å². The summed E-state index contributed by atoms with van der Waals surface area (Å²) >= 11 is 0. The Kier molecular flexibility index (Phi) is 20.9. The maximum absolute atomic E-state index is 13.6. The number of esters is 1. The van der Waals surface area contributed by atoms with E-state index in [0.717, 1.165) is 66.3 Å². The molecule has 1 aliphatic carbocycles. The number of hydrogen-bond donors (Lipinski definition) is 4. The summed E-state index contributed by atoms with van der Waals surface area (Å²) in [5.41, 5.74) is 4.53. The van der Waals surface area contributed by atoms with Crippen molar-refractivity contribution in [3.05, 3.63) is 95.6 Å². The summed E-state index contributed by atoms with van der Waals surface area (Å²) in [4.78, 5) is 61.8. The van der Waals surface area contributed by atoms with Crippen LogP contribution in [-0.2, 0) is 35.3 Å². The van der Waals surface area contributed by atoms with Gasteiger partial charge in [0.05, 0.1) is 5.92 Å². The van der Waals surface area contributed by atoms with Crippen molar-refractivity contribution < 1.29 is 38.6 Å². The van der Waals surface area contributed by atoms with Gasteiger partial charge in [0.15, 0.2) is 0 Å². The minimum atomic E-state index is -1.24. The second-order valence-corrected chi connectivity index (χ2v) is 15.1. The number of nitrogens with one attached hydrogen (secondary N) is 3. The monoisotopic (exact) mass is 797 g/mol. The van der Waals surface area contributed by atoms with E-state index >= 15 is 0 Å². The van der Waals surface area contributed by atoms with Crippen LogP contribution in [0.3, 0.4) is 0 Å². The summed E-state index contributed by atoms with van der Waals surface area (Å²) in [5.74, 6) is -2.07. The fraction of sp³-hybridized carbons (Fsp3) is 0.511. The number of aliphatic carboxylic acids is 1. The van der Waals surface area contributed by atoms with Gasteiger partial charge in [-0.15, -0.1) is 0 Å². The maximum Gasteiger partial charge on any atom is 0.408 e. The number of alkyl carbamates (subject to hydrolysis) is 1. The summed E-state index contributed by atoms with van der Waals surface area (Å²) in [6.45, 7) is 0.747. The van der Waals surface area contributed by atoms with Crippen LogP contribution in [0.15, 0.2) is 78.9 Å². The quantitative estimate of drug-likeness (QED) is 0.0400. The van der Waals surface area contributed by atoms with Gasteiger partial charge < -0.3 is 30.5 Å². The molecule has 1 atom stereocenters. The minimum absolute atomic E-state index is 0.0110. The number of ether oxygens (including phenoxy) is 2. The second-order valence-electron chi connectivity index (χ2n) is 15.1. The molecule has 3 amide bonds. The predicted octanol–water partition coefficient (Wildman–Crippen LogP) is 8.98. The van der Waals surface area contributed by atoms with Crippen LogP contribution in [0, 0.1) is 0 Å². The second kappa shape index (κ2) is 26.7. The highest BCUT2D eigenvalue weighted by atomic mass is 16.6. The number of hydrogen-bond acceptors (Lipinski definition) is 7. The molecule has 4 rings (SSSR count). The first-order valence-electron chi connectivity index (χ1n) is 21.4. The highest BCUT2D eigenvalue weighted by Crippen LogP contribution is 2.47. The number of carboxylic acid groups (broad SMARTS) is 1. The molecular formula is C47H63N3O8. The lowest BCUT2D eigenvalue weighted by Crippen LogP contribution is -2.40. The topological polar surface area (TPSA) is 160 Å². The smallest absolute Gasteiger partial charge is 0.408 e. The zero-order valence-corrected chi connectivity index (χ0v) is 34.0. The molecule has 1 aliphatic rings. The Labute approximate surface area is 344 Å². The van der Waals surface area contributed by atoms with Crippen LogP contribution in [0.1, 0.15) is 138 Å². The van der Waals surface area contributed by atoms with E-state index in [-0.39, 0.29) is 44.4 Å². The van der Waals surface area contributed by atoms with E-state index < -0.39 is 30.1 Å². The van der Waals surface area contributed by atoms with Gasteiger partial charge in [0.25, 0.3) is 0 Å². The van der Waals surface area contributed by atoms with Gasteiger partial charge in [0, 0.05) is 38.9 Å². The van der Waals surface area contributed by atoms with Gasteiger partial charge in [-0.3, -0.25) is 14.4 Å². The largest absolute Gasteiger partial charge is 0.481 e. The summed E-state index contributed by atoms with van der Waals surface area (Å²) in [5, 5.41) is 17.0. The van der Waals surface area contributed by atoms with Gasteiger partial charge in [0.2, 0.25) is 17.9 Å². The first-order chi connectivity index (χ1) is 28.3. The first kappa shape index (κ1) is 45.5. The number of carbonyl (C=O) groups excluding carboxylic acids is 4. The van der Waals surface area contributed by atoms with Crippen LogP contribution in [0.4, 0.5) is 4.79 Å². The number of amides is 3. The highest BCUT2D eigenvalue weighted by molar-refractivity contribution is 5.86. The normalized spacial score (nSPS) is 12.2. The molecule has 0 aromatic heterocycles. The third-order valence-electron chi connectivity index (χ3n) is 10.5. The molecule has 3 aromatic rings. The lowest BCUT2D eigenvalue weighted by Gasteiger charge is -2.24. The van der Waals surface area contributed by atoms with Crippen LogP contribution in [-0.4, -0.2) is 60.7 Å². The average molecular weight is 798 g/mol. The van der Waals surface area contributed by atoms with Crippen LogP contribution >= 0.6 is 0 Å². The molecule has 314 valence electrons. The molecule has 0 saturated heterocycles. The molecule has 3 aromatic carbocycles. The Morgan fingerprint density at radius 1 is 0.517 bits per heavy atom. The zero-order valence-electron chi connectivity index (χ0n) is 34.0. The van der Waals surface area contributed by atoms with Crippen molar-refractivity contribution >= 4 is 29.8 Å². The molecule has 0 bridgehead atoms. The van der Waals surface area contributed by atoms with Crippen molar-refractivity contribution in [1.29, 1.82) is 0 Å². The van der Waals surface area contributed by atoms with Gasteiger partial charge in [-0.25, -0.2) is 9.59 Å². The van der Waals surface area contributed by atoms with Gasteiger partial charge in [0.1, 0.15) is 6.61 Å². The molecule has 0 saturated carbocycles. The summed E-state index contributed by atoms with van der Waals surface area (Å²) in [6.07, 6.45) is 15.5. The van der Waals surface area contributed by atoms with Gasteiger partial charge in [-0.2, -0.15) is 0 Å². The number of carboxylic acids is 1. The Balaban J connectivity index is 1.04. The van der Waals surface area contributed by atoms with Crippen LogP contribution in [0.5, 0.6) is 0 Å². The molecule has 0 aliphatic heterocycles. The molecule has 58 heavy (non-hydrogen) atoms. The summed E-state index contributed by atoms with van der Waals surface area (Å²) in [7, 11) is 0. The van der Waals surface area contributed by atoms with Gasteiger partial charge in [-0.05, 0) is 47.1 Å². The van der Waals surface area contributed by atoms with Gasteiger partial charge in [-0.1, -0.05) is 156 Å². The van der Waals surface area contributed by atoms with Crippen molar-refractivity contribution in [2.75, 3.05) is 19.6 Å². The molecule has 4 N–H and O–H groups in total. The van der Waals surface area contributed by atoms with E-state index in [0.29, 0.717) is 19.4 Å². The first-order valence-corrected chi connectivity index (χ1v) is 21.4. The van der Waals surface area contributed by atoms with Crippen LogP contribution < -0.4 is 16.0 Å². The zero-order chi connectivity index (χ0) is 41.2. The fourth-order valence-electron chi connectivity index (χ4n) is 7.44. The summed E-state index contributed by atoms with van der Waals surface area (Å²) in [6, 6.07) is 24.9. The third kappa shape index (κ3) is 16.7. The molecule has 1 unspecified atom stereocenters. The Morgan fingerprint density at radius 2 is 0.966 bits per heavy atom. The molecule has 0 heterocycles. The lowest BCUT2D eigenvalue weighted by molar-refractivity contribution is -0.155. The van der Waals surface area contributed by atoms with E-state index in [4.69, 9.17) is 14.6 Å². The molecule has 0 radical (unpaired) electrons. The van der Waals surface area contributed by atoms with Gasteiger partial charge >= 0.3 is 18.0 Å². The number of benzene rings is 3. The maximum atomic E-state index is 13.6. The van der Waals surface area contributed by atoms with Crippen molar-refractivity contribution in [3.63, 3.8) is 0 Å². The van der Waals surface area contributed by atoms with E-state index in [1.54, 1.807) is 0 Å². The number of unbranched alkanes of at least 4 members (excludes halogenated alkanes) is 13. The van der Waals surface area contributed by atoms with E-state index in [9.17, 15) is 24.0 Å². The fourth-order valence-corrected chi connectivity index (χ4v) is 7.44. The van der Waals surface area contributed by atoms with Crippen molar-refractivity contribution in [1.82, 2.24) is 16.0 Å². The third-order valence-corrected chi connectivity index (χ3v) is 10.5. The summed E-state index contributed by atoms with van der Waals surface area (Å²) < 4.78 is 11.5. The molecule has 0 spiro atoms. The average Bonchev–Trinajstić information content (AvgIpc) is 3.56. The number of carbonyl (C=O) groups is 5. The van der Waals surface area contributed by atoms with E-state index in [2.05, 4.69) is 16.0 Å². The van der Waals surface area contributed by atoms with Crippen LogP contribution in [0.25, 0.3) is 11.1 Å². The molecule has 0 fully saturated rings. The van der Waals surface area contributed by atoms with Crippen molar-refractivity contribution in [2.24, 2.45) is 0 Å². The van der Waals surface area contributed by atoms with E-state index in [1.165, 1.54) is 51.4 Å². The number of rotatable bonds is 29. The Hall–Kier alpha value is -5.19. The number of fused-ring (bicyclic) bond motifs is 3. The van der Waals surface area contributed by atoms with Crippen LogP contribution in [0.2, 0.25) is 0 Å². The molecule has 11 nitrogen and oxygen atoms in total. The predicted molar refractivity (Wildman–Crippen MR) is 225 cm³/mol. The highest BCUT2D eigenvalue weighted by Gasteiger charge is 2.41. The Morgan fingerprint density at radius 3 is 1.52 bits per heavy atom. The standard InChI is InChI=1S/C47H63N3O8/c51-41(29-16-11-9-7-5-3-1-2-4-6-8-10-12-17-31-43(53)54)48-32-22-30-42(52)49-33-34-50-47(56)58-45(46(55)57-35-36-23-14-13-15-24-36)44-39-27-20-18-25-37(39)38-26-19-21-28-40(38)44/h13-15,18-21,23-28,44-45H,1-12,16-17,22,29-35H2,(H,48,51)(H,49,52)(H,50,56)(H,53,54). The van der Waals surface area contributed by atoms with E-state index in [1.807, 2.05) is 78.9 Å². The molecule has 11 heteroatoms. The minimum Gasteiger partial charge on any atom is -0.481 e. The Bertz CT molecular complexity index is 1670. The van der Waals surface area contributed by atoms with Crippen molar-refractivity contribution in [3.8, 4) is 11.1 Å².